The fourth-order valence-corrected chi connectivity index (χ4v) is 13.0. The van der Waals surface area contributed by atoms with E-state index in [1.54, 1.807) is 24.3 Å². The molecule has 0 saturated carbocycles. The standard InChI is InChI=1S/C66H102N6O34/c67-17-5-3-1-2-4-8-40(78)68-18-6-20-93-22-23-94-21-7-19-69-59(91)30-9-13-32(14-10-30)71-72-33-15-11-31(12-16-33)60(92)70-24-34-53-41(79)47(85)61(95-34)102-54-35(25-73)97-63(49(87)43(54)81)104-56-37(27-75)99-65(51(89)45(56)83)106-58-39(29-77)100-66(52(90)46(58)84)105-57-38(28-76)98-64(50(88)44(57)82)103-55-36(26-74)96-62(101-53)48(86)42(55)80/h9-16,34-39,41-58,61-66,73-77,79-90H,1-8,17-29,67H2,(H,68,78)(H,69,91)(H,70,92)/t34-,35-,36-,37-,38-,39-,41-,42-,43-,44-,45-,46-,47-,48-,49-,50-,51-,52-,53-,54-,55-,56-,57-,58-,61-,62-,63-,64-,65-,66-/m1/s1. The van der Waals surface area contributed by atoms with Crippen LogP contribution in [0.1, 0.15) is 72.1 Å². The highest BCUT2D eigenvalue weighted by Crippen LogP contribution is 2.39. The van der Waals surface area contributed by atoms with Gasteiger partial charge in [-0.1, -0.05) is 19.3 Å². The van der Waals surface area contributed by atoms with Crippen LogP contribution < -0.4 is 21.7 Å². The number of rotatable bonds is 29. The first kappa shape index (κ1) is 85.2. The third-order valence-electron chi connectivity index (χ3n) is 19.0. The number of nitrogens with zero attached hydrogens (tertiary/aromatic N) is 2. The fraction of sp³-hybridized carbons (Fsp3) is 0.773. The number of unbranched alkanes of at least 4 members (excludes halogenated alkanes) is 4. The van der Waals surface area contributed by atoms with Crippen LogP contribution in [0.15, 0.2) is 58.8 Å². The highest BCUT2D eigenvalue weighted by atomic mass is 16.8. The zero-order valence-corrected chi connectivity index (χ0v) is 57.8. The van der Waals surface area contributed by atoms with Crippen LogP contribution in [0.5, 0.6) is 0 Å². The zero-order chi connectivity index (χ0) is 76.3. The Hall–Kier alpha value is -4.83. The van der Waals surface area contributed by atoms with Crippen LogP contribution in [-0.2, 0) is 71.1 Å². The van der Waals surface area contributed by atoms with Crippen molar-refractivity contribution in [2.45, 2.75) is 236 Å². The number of hydrogen-bond donors (Lipinski definition) is 21. The molecule has 12 bridgehead atoms. The highest BCUT2D eigenvalue weighted by molar-refractivity contribution is 5.95. The fourth-order valence-electron chi connectivity index (χ4n) is 13.0. The number of benzene rings is 2. The molecule has 30 atom stereocenters. The summed E-state index contributed by atoms with van der Waals surface area (Å²) in [6.07, 6.45) is -53.9. The maximum Gasteiger partial charge on any atom is 0.251 e. The van der Waals surface area contributed by atoms with Crippen molar-refractivity contribution in [3.63, 3.8) is 0 Å². The molecule has 0 unspecified atom stereocenters. The molecule has 2 aromatic carbocycles. The van der Waals surface area contributed by atoms with Gasteiger partial charge in [-0.3, -0.25) is 14.4 Å². The van der Waals surface area contributed by atoms with Gasteiger partial charge in [-0.2, -0.15) is 10.2 Å². The van der Waals surface area contributed by atoms with Gasteiger partial charge in [-0.25, -0.2) is 0 Å². The minimum absolute atomic E-state index is 0.0149. The van der Waals surface area contributed by atoms with Crippen molar-refractivity contribution in [3.8, 4) is 0 Å². The Labute approximate surface area is 607 Å². The maximum atomic E-state index is 13.9. The number of ether oxygens (including phenoxy) is 14. The van der Waals surface area contributed by atoms with E-state index in [1.165, 1.54) is 24.3 Å². The van der Waals surface area contributed by atoms with Crippen LogP contribution in [0, 0.1) is 0 Å². The summed E-state index contributed by atoms with van der Waals surface area (Å²) in [5, 5.41) is 208. The van der Waals surface area contributed by atoms with Crippen molar-refractivity contribution in [2.75, 3.05) is 85.6 Å². The van der Waals surface area contributed by atoms with Gasteiger partial charge < -0.3 is 175 Å². The van der Waals surface area contributed by atoms with Crippen molar-refractivity contribution < 1.29 is 168 Å². The smallest absolute Gasteiger partial charge is 0.251 e. The van der Waals surface area contributed by atoms with Crippen molar-refractivity contribution in [3.05, 3.63) is 59.7 Å². The van der Waals surface area contributed by atoms with E-state index >= 15 is 0 Å². The van der Waals surface area contributed by atoms with E-state index in [4.69, 9.17) is 72.0 Å². The Morgan fingerprint density at radius 3 is 0.943 bits per heavy atom. The van der Waals surface area contributed by atoms with E-state index in [0.717, 1.165) is 32.1 Å². The van der Waals surface area contributed by atoms with Gasteiger partial charge in [0.05, 0.1) is 57.6 Å². The van der Waals surface area contributed by atoms with E-state index in [9.17, 15) is 101 Å². The summed E-state index contributed by atoms with van der Waals surface area (Å²) in [4.78, 5) is 38.8. The Kier molecular flexibility index (Phi) is 33.3. The second-order valence-corrected chi connectivity index (χ2v) is 26.5. The van der Waals surface area contributed by atoms with Crippen molar-refractivity contribution >= 4 is 29.1 Å². The molecule has 40 heteroatoms. The molecule has 40 nitrogen and oxygen atoms in total. The third-order valence-corrected chi connectivity index (χ3v) is 19.0. The second-order valence-electron chi connectivity index (χ2n) is 26.5. The summed E-state index contributed by atoms with van der Waals surface area (Å²) in [6.45, 7) is -2.69. The minimum atomic E-state index is -2.26. The summed E-state index contributed by atoms with van der Waals surface area (Å²) >= 11 is 0. The van der Waals surface area contributed by atoms with Crippen molar-refractivity contribution in [1.82, 2.24) is 16.0 Å². The molecule has 22 aliphatic heterocycles. The van der Waals surface area contributed by atoms with Gasteiger partial charge >= 0.3 is 0 Å². The molecule has 24 rings (SSSR count). The number of nitrogens with two attached hydrogens (primary N) is 1. The summed E-state index contributed by atoms with van der Waals surface area (Å²) < 4.78 is 81.2. The van der Waals surface area contributed by atoms with Crippen LogP contribution in [-0.4, -0.2) is 374 Å². The molecule has 0 aliphatic carbocycles. The van der Waals surface area contributed by atoms with E-state index in [0.29, 0.717) is 76.6 Å². The number of aliphatic hydroxyl groups excluding tert-OH is 17. The minimum Gasteiger partial charge on any atom is -0.394 e. The van der Waals surface area contributed by atoms with Gasteiger partial charge in [0.2, 0.25) is 5.91 Å². The largest absolute Gasteiger partial charge is 0.394 e. The van der Waals surface area contributed by atoms with Crippen LogP contribution in [0.4, 0.5) is 11.4 Å². The van der Waals surface area contributed by atoms with Gasteiger partial charge in [0.25, 0.3) is 11.8 Å². The molecule has 106 heavy (non-hydrogen) atoms. The SMILES string of the molecule is NCCCCCCCC(=O)NCCCOCCOCCCNC(=O)c1ccc(N=Nc2ccc(C(=O)NC[C@H]3O[C@@H]4O[C@H]5[C@H](O)[C@@H](O)[C@@H](O[C@H]6[C@H](O)[C@@H](O)[C@@H](O[C@H]7[C@H](O)[C@@H](O)[C@@H](O[C@H]8[C@H](O)[C@@H](O)[C@@H](O[C@H]9[C@H](O)[C@@H](O)[C@@H](O[C@H]3[C@H](O)[C@H]4O)O[C@@H]9CO)O[C@@H]8CO)O[C@@H]7CO)O[C@@H]6CO)O[C@@H]5CO)cc2)cc1. The van der Waals surface area contributed by atoms with E-state index < -0.39 is 230 Å². The van der Waals surface area contributed by atoms with Crippen LogP contribution in [0.3, 0.4) is 0 Å². The Morgan fingerprint density at radius 1 is 0.340 bits per heavy atom. The molecule has 22 N–H and O–H groups in total. The lowest BCUT2D eigenvalue weighted by Gasteiger charge is -2.50. The first-order valence-corrected chi connectivity index (χ1v) is 35.4. The highest BCUT2D eigenvalue weighted by Gasteiger charge is 2.59. The molecule has 22 aliphatic rings. The zero-order valence-electron chi connectivity index (χ0n) is 57.8. The van der Waals surface area contributed by atoms with Gasteiger partial charge in [-0.05, 0) is 80.8 Å². The number of hydrogen-bond acceptors (Lipinski definition) is 37. The molecule has 600 valence electrons. The molecule has 0 aromatic heterocycles. The number of amides is 3. The molecule has 22 saturated heterocycles. The Balaban J connectivity index is 0.834. The average Bonchev–Trinajstić information content (AvgIpc) is 0.774. The van der Waals surface area contributed by atoms with Gasteiger partial charge in [-0.15, -0.1) is 0 Å². The van der Waals surface area contributed by atoms with Crippen LogP contribution in [0.25, 0.3) is 0 Å². The second kappa shape index (κ2) is 41.4. The normalized spacial score (nSPS) is 38.8. The third kappa shape index (κ3) is 21.6. The topological polar surface area (TPSA) is 611 Å². The molecule has 22 heterocycles. The van der Waals surface area contributed by atoms with Crippen LogP contribution in [0.2, 0.25) is 0 Å². The van der Waals surface area contributed by atoms with Gasteiger partial charge in [0, 0.05) is 50.4 Å². The summed E-state index contributed by atoms with van der Waals surface area (Å²) in [7, 11) is 0. The number of aliphatic hydroxyl groups is 17. The lowest BCUT2D eigenvalue weighted by molar-refractivity contribution is -0.403. The summed E-state index contributed by atoms with van der Waals surface area (Å²) in [5.74, 6) is -1.08. The predicted octanol–water partition coefficient (Wildman–Crippen LogP) is -8.24. The predicted molar refractivity (Wildman–Crippen MR) is 351 cm³/mol. The molecule has 0 spiro atoms. The lowest BCUT2D eigenvalue weighted by atomic mass is 9.94. The number of carbonyl (C=O) groups is 3. The lowest BCUT2D eigenvalue weighted by Crippen LogP contribution is -2.69. The molecule has 0 radical (unpaired) electrons. The first-order valence-electron chi connectivity index (χ1n) is 35.4. The van der Waals surface area contributed by atoms with E-state index in [2.05, 4.69) is 26.2 Å². The molecule has 2 aromatic rings. The Bertz CT molecular complexity index is 2990. The van der Waals surface area contributed by atoms with Crippen molar-refractivity contribution in [1.29, 1.82) is 0 Å². The average molecular weight is 1520 g/mol. The van der Waals surface area contributed by atoms with Crippen LogP contribution >= 0.6 is 0 Å². The molecule has 3 amide bonds. The van der Waals surface area contributed by atoms with Gasteiger partial charge in [0.1, 0.15) is 146 Å². The quantitative estimate of drug-likeness (QED) is 0.0266. The van der Waals surface area contributed by atoms with Gasteiger partial charge in [0.15, 0.2) is 37.7 Å². The van der Waals surface area contributed by atoms with Crippen molar-refractivity contribution in [2.24, 2.45) is 16.0 Å². The first-order chi connectivity index (χ1) is 51.0. The monoisotopic (exact) mass is 1520 g/mol. The summed E-state index contributed by atoms with van der Waals surface area (Å²) in [6, 6.07) is 11.9. The number of carbonyl (C=O) groups excluding carboxylic acids is 3. The van der Waals surface area contributed by atoms with E-state index in [-0.39, 0.29) is 23.1 Å². The van der Waals surface area contributed by atoms with E-state index in [1.807, 2.05) is 0 Å². The summed E-state index contributed by atoms with van der Waals surface area (Å²) in [5.41, 5.74) is 6.55. The molecule has 22 fully saturated rings. The Morgan fingerprint density at radius 2 is 0.623 bits per heavy atom. The number of azo groups is 1. The number of nitrogens with one attached hydrogen (secondary N) is 3. The maximum absolute atomic E-state index is 13.9. The molecular weight excluding hydrogens is 1420 g/mol. The molecular formula is C66H102N6O34.